The van der Waals surface area contributed by atoms with E-state index in [1.54, 1.807) is 9.80 Å². The molecule has 4 heteroatoms. The molecular weight excluding hydrogens is 288 g/mol. The molecule has 0 spiro atoms. The number of hydrogen-bond donors (Lipinski definition) is 0. The van der Waals surface area contributed by atoms with Crippen LogP contribution in [0.4, 0.5) is 0 Å². The average Bonchev–Trinajstić information content (AvgIpc) is 2.60. The lowest BCUT2D eigenvalue weighted by Gasteiger charge is -2.33. The van der Waals surface area contributed by atoms with Crippen molar-refractivity contribution in [2.45, 2.75) is 13.5 Å². The second-order valence-corrected chi connectivity index (χ2v) is 5.63. The third-order valence-corrected chi connectivity index (χ3v) is 4.24. The second kappa shape index (κ2) is 6.65. The number of hydrogen-bond acceptors (Lipinski definition) is 2. The largest absolute Gasteiger partial charge is 0.333 e. The summed E-state index contributed by atoms with van der Waals surface area (Å²) in [4.78, 5) is 27.6. The van der Waals surface area contributed by atoms with Gasteiger partial charge in [0.25, 0.3) is 0 Å². The predicted octanol–water partition coefficient (Wildman–Crippen LogP) is 2.54. The number of carbonyl (C=O) groups excluding carboxylic acids is 2. The minimum Gasteiger partial charge on any atom is -0.333 e. The van der Waals surface area contributed by atoms with Gasteiger partial charge in [0.1, 0.15) is 0 Å². The highest BCUT2D eigenvalue weighted by atomic mass is 16.2. The first-order valence-electron chi connectivity index (χ1n) is 7.92. The smallest absolute Gasteiger partial charge is 0.312 e. The maximum Gasteiger partial charge on any atom is 0.312 e. The Bertz CT molecular complexity index is 712. The second-order valence-electron chi connectivity index (χ2n) is 5.63. The van der Waals surface area contributed by atoms with Crippen LogP contribution in [0.2, 0.25) is 0 Å². The summed E-state index contributed by atoms with van der Waals surface area (Å²) in [6.07, 6.45) is 0. The molecule has 3 rings (SSSR count). The fraction of sp³-hybridized carbons (Fsp3) is 0.263. The molecule has 0 bridgehead atoms. The van der Waals surface area contributed by atoms with E-state index in [-0.39, 0.29) is 0 Å². The van der Waals surface area contributed by atoms with Gasteiger partial charge in [-0.25, -0.2) is 0 Å². The number of likely N-dealkylation sites (N-methyl/N-ethyl adjacent to an activating group) is 1. The Morgan fingerprint density at radius 3 is 2.17 bits per heavy atom. The van der Waals surface area contributed by atoms with Crippen LogP contribution in [0.3, 0.4) is 0 Å². The zero-order valence-corrected chi connectivity index (χ0v) is 13.2. The SMILES string of the molecule is CCN1CCN(Cc2ccccc2-c2ccccc2)C(=O)C1=O. The summed E-state index contributed by atoms with van der Waals surface area (Å²) in [7, 11) is 0. The molecule has 2 aromatic carbocycles. The van der Waals surface area contributed by atoms with E-state index in [9.17, 15) is 9.59 Å². The molecule has 23 heavy (non-hydrogen) atoms. The average molecular weight is 308 g/mol. The molecule has 0 unspecified atom stereocenters. The van der Waals surface area contributed by atoms with Crippen molar-refractivity contribution in [2.75, 3.05) is 19.6 Å². The molecule has 0 aromatic heterocycles. The maximum atomic E-state index is 12.3. The fourth-order valence-electron chi connectivity index (χ4n) is 2.93. The van der Waals surface area contributed by atoms with Crippen molar-refractivity contribution in [2.24, 2.45) is 0 Å². The zero-order chi connectivity index (χ0) is 16.2. The van der Waals surface area contributed by atoms with Crippen molar-refractivity contribution in [3.05, 3.63) is 60.2 Å². The van der Waals surface area contributed by atoms with Gasteiger partial charge < -0.3 is 9.80 Å². The van der Waals surface area contributed by atoms with Crippen molar-refractivity contribution in [1.82, 2.24) is 9.80 Å². The van der Waals surface area contributed by atoms with Gasteiger partial charge in [-0.2, -0.15) is 0 Å². The van der Waals surface area contributed by atoms with E-state index in [1.165, 1.54) is 0 Å². The van der Waals surface area contributed by atoms with Crippen LogP contribution in [0.15, 0.2) is 54.6 Å². The summed E-state index contributed by atoms with van der Waals surface area (Å²) < 4.78 is 0. The number of carbonyl (C=O) groups is 2. The Morgan fingerprint density at radius 1 is 0.826 bits per heavy atom. The van der Waals surface area contributed by atoms with Crippen LogP contribution in [0.5, 0.6) is 0 Å². The summed E-state index contributed by atoms with van der Waals surface area (Å²) in [6, 6.07) is 18.1. The molecule has 4 nitrogen and oxygen atoms in total. The van der Waals surface area contributed by atoms with Crippen LogP contribution in [0, 0.1) is 0 Å². The normalized spacial score (nSPS) is 15.2. The summed E-state index contributed by atoms with van der Waals surface area (Å²) >= 11 is 0. The maximum absolute atomic E-state index is 12.3. The van der Waals surface area contributed by atoms with E-state index in [1.807, 2.05) is 43.3 Å². The topological polar surface area (TPSA) is 40.6 Å². The summed E-state index contributed by atoms with van der Waals surface area (Å²) in [5.41, 5.74) is 3.28. The van der Waals surface area contributed by atoms with Gasteiger partial charge >= 0.3 is 11.8 Å². The van der Waals surface area contributed by atoms with Gasteiger partial charge in [-0.05, 0) is 23.6 Å². The Hall–Kier alpha value is -2.62. The van der Waals surface area contributed by atoms with Crippen LogP contribution in [0.1, 0.15) is 12.5 Å². The summed E-state index contributed by atoms with van der Waals surface area (Å²) in [5, 5.41) is 0. The molecule has 0 saturated carbocycles. The molecule has 0 aliphatic carbocycles. The van der Waals surface area contributed by atoms with E-state index in [2.05, 4.69) is 18.2 Å². The number of nitrogens with zero attached hydrogens (tertiary/aromatic N) is 2. The van der Waals surface area contributed by atoms with Crippen molar-refractivity contribution >= 4 is 11.8 Å². The van der Waals surface area contributed by atoms with Crippen molar-refractivity contribution in [3.63, 3.8) is 0 Å². The minimum atomic E-state index is -0.402. The molecule has 2 amide bonds. The number of piperazine rings is 1. The molecule has 1 aliphatic heterocycles. The summed E-state index contributed by atoms with van der Waals surface area (Å²) in [6.45, 7) is 4.13. The highest BCUT2D eigenvalue weighted by Crippen LogP contribution is 2.25. The molecule has 1 aliphatic rings. The van der Waals surface area contributed by atoms with E-state index in [0.29, 0.717) is 26.2 Å². The zero-order valence-electron chi connectivity index (χ0n) is 13.2. The van der Waals surface area contributed by atoms with E-state index in [0.717, 1.165) is 16.7 Å². The van der Waals surface area contributed by atoms with Crippen molar-refractivity contribution in [3.8, 4) is 11.1 Å². The van der Waals surface area contributed by atoms with Crippen LogP contribution < -0.4 is 0 Å². The van der Waals surface area contributed by atoms with Crippen LogP contribution in [-0.2, 0) is 16.1 Å². The molecule has 0 atom stereocenters. The molecule has 1 saturated heterocycles. The van der Waals surface area contributed by atoms with Gasteiger partial charge in [0.2, 0.25) is 0 Å². The van der Waals surface area contributed by atoms with Crippen molar-refractivity contribution < 1.29 is 9.59 Å². The first-order chi connectivity index (χ1) is 11.2. The summed E-state index contributed by atoms with van der Waals surface area (Å²) in [5.74, 6) is -0.795. The first kappa shape index (κ1) is 15.3. The molecule has 1 heterocycles. The van der Waals surface area contributed by atoms with Crippen LogP contribution >= 0.6 is 0 Å². The highest BCUT2D eigenvalue weighted by molar-refractivity contribution is 6.35. The van der Waals surface area contributed by atoms with E-state index >= 15 is 0 Å². The van der Waals surface area contributed by atoms with Gasteiger partial charge in [0.15, 0.2) is 0 Å². The Morgan fingerprint density at radius 2 is 1.43 bits per heavy atom. The Labute approximate surface area is 136 Å². The van der Waals surface area contributed by atoms with Gasteiger partial charge in [-0.15, -0.1) is 0 Å². The number of amides is 2. The predicted molar refractivity (Wildman–Crippen MR) is 89.5 cm³/mol. The van der Waals surface area contributed by atoms with Gasteiger partial charge in [-0.1, -0.05) is 54.6 Å². The lowest BCUT2D eigenvalue weighted by molar-refractivity contribution is -0.156. The highest BCUT2D eigenvalue weighted by Gasteiger charge is 2.31. The first-order valence-corrected chi connectivity index (χ1v) is 7.92. The minimum absolute atomic E-state index is 0.393. The lowest BCUT2D eigenvalue weighted by Crippen LogP contribution is -2.53. The monoisotopic (exact) mass is 308 g/mol. The van der Waals surface area contributed by atoms with E-state index in [4.69, 9.17) is 0 Å². The van der Waals surface area contributed by atoms with Crippen LogP contribution in [-0.4, -0.2) is 41.2 Å². The number of rotatable bonds is 4. The fourth-order valence-corrected chi connectivity index (χ4v) is 2.93. The van der Waals surface area contributed by atoms with Crippen molar-refractivity contribution in [1.29, 1.82) is 0 Å². The molecule has 1 fully saturated rings. The molecule has 118 valence electrons. The quantitative estimate of drug-likeness (QED) is 0.815. The van der Waals surface area contributed by atoms with Gasteiger partial charge in [-0.3, -0.25) is 9.59 Å². The number of benzene rings is 2. The molecule has 0 N–H and O–H groups in total. The third kappa shape index (κ3) is 3.11. The van der Waals surface area contributed by atoms with Gasteiger partial charge in [0.05, 0.1) is 0 Å². The van der Waals surface area contributed by atoms with Crippen LogP contribution in [0.25, 0.3) is 11.1 Å². The molecule has 0 radical (unpaired) electrons. The standard InChI is InChI=1S/C19H20N2O2/c1-2-20-12-13-21(19(23)18(20)22)14-16-10-6-7-11-17(16)15-8-4-3-5-9-15/h3-11H,2,12-14H2,1H3. The lowest BCUT2D eigenvalue weighted by atomic mass is 9.99. The molecular formula is C19H20N2O2. The third-order valence-electron chi connectivity index (χ3n) is 4.24. The Balaban J connectivity index is 1.84. The van der Waals surface area contributed by atoms with E-state index < -0.39 is 11.8 Å². The molecule has 2 aromatic rings. The van der Waals surface area contributed by atoms with Gasteiger partial charge in [0, 0.05) is 26.2 Å². The Kier molecular flexibility index (Phi) is 4.42.